The Labute approximate surface area is 118 Å². The van der Waals surface area contributed by atoms with E-state index >= 15 is 0 Å². The standard InChI is InChI=1S/C14H21N3O3/c1-4-6-10(3)16-14(18)12-9-11(15-5-2)7-8-13(12)17(19)20/h7-10,15H,4-6H2,1-3H3,(H,16,18). The maximum atomic E-state index is 12.2. The van der Waals surface area contributed by atoms with Crippen molar-refractivity contribution in [1.29, 1.82) is 0 Å². The minimum atomic E-state index is -0.533. The van der Waals surface area contributed by atoms with Crippen molar-refractivity contribution in [2.45, 2.75) is 39.7 Å². The molecule has 1 atom stereocenters. The first-order valence-corrected chi connectivity index (χ1v) is 6.82. The average molecular weight is 279 g/mol. The summed E-state index contributed by atoms with van der Waals surface area (Å²) < 4.78 is 0. The SMILES string of the molecule is CCCC(C)NC(=O)c1cc(NCC)ccc1[N+](=O)[O-]. The van der Waals surface area contributed by atoms with Gasteiger partial charge in [-0.05, 0) is 32.4 Å². The van der Waals surface area contributed by atoms with Crippen LogP contribution in [0.4, 0.5) is 11.4 Å². The summed E-state index contributed by atoms with van der Waals surface area (Å²) in [4.78, 5) is 22.6. The zero-order chi connectivity index (χ0) is 15.1. The molecule has 0 aromatic heterocycles. The number of nitro groups is 1. The second-order valence-electron chi connectivity index (χ2n) is 4.68. The van der Waals surface area contributed by atoms with Crippen LogP contribution in [0.25, 0.3) is 0 Å². The van der Waals surface area contributed by atoms with Crippen LogP contribution in [0.2, 0.25) is 0 Å². The Kier molecular flexibility index (Phi) is 5.96. The lowest BCUT2D eigenvalue weighted by molar-refractivity contribution is -0.385. The Hall–Kier alpha value is -2.11. The van der Waals surface area contributed by atoms with Gasteiger partial charge in [-0.2, -0.15) is 0 Å². The van der Waals surface area contributed by atoms with Crippen molar-refractivity contribution < 1.29 is 9.72 Å². The zero-order valence-corrected chi connectivity index (χ0v) is 12.1. The van der Waals surface area contributed by atoms with Gasteiger partial charge < -0.3 is 10.6 Å². The molecule has 2 N–H and O–H groups in total. The molecule has 1 aromatic rings. The van der Waals surface area contributed by atoms with Crippen LogP contribution in [0.5, 0.6) is 0 Å². The molecule has 1 rings (SSSR count). The van der Waals surface area contributed by atoms with Gasteiger partial charge in [-0.1, -0.05) is 13.3 Å². The zero-order valence-electron chi connectivity index (χ0n) is 12.1. The van der Waals surface area contributed by atoms with E-state index in [4.69, 9.17) is 0 Å². The summed E-state index contributed by atoms with van der Waals surface area (Å²) >= 11 is 0. The second kappa shape index (κ2) is 7.47. The van der Waals surface area contributed by atoms with E-state index in [1.165, 1.54) is 12.1 Å². The van der Waals surface area contributed by atoms with Gasteiger partial charge in [-0.15, -0.1) is 0 Å². The summed E-state index contributed by atoms with van der Waals surface area (Å²) in [7, 11) is 0. The lowest BCUT2D eigenvalue weighted by Gasteiger charge is -2.13. The minimum Gasteiger partial charge on any atom is -0.385 e. The number of carbonyl (C=O) groups is 1. The molecule has 0 saturated heterocycles. The number of hydrogen-bond donors (Lipinski definition) is 2. The minimum absolute atomic E-state index is 0.00473. The molecule has 0 bridgehead atoms. The highest BCUT2D eigenvalue weighted by atomic mass is 16.6. The molecule has 6 nitrogen and oxygen atoms in total. The molecule has 6 heteroatoms. The van der Waals surface area contributed by atoms with Crippen molar-refractivity contribution in [1.82, 2.24) is 5.32 Å². The maximum absolute atomic E-state index is 12.2. The summed E-state index contributed by atoms with van der Waals surface area (Å²) in [5, 5.41) is 16.8. The topological polar surface area (TPSA) is 84.3 Å². The van der Waals surface area contributed by atoms with Crippen LogP contribution in [0.1, 0.15) is 44.0 Å². The Morgan fingerprint density at radius 3 is 2.65 bits per heavy atom. The van der Waals surface area contributed by atoms with E-state index in [9.17, 15) is 14.9 Å². The highest BCUT2D eigenvalue weighted by molar-refractivity contribution is 5.99. The molecule has 20 heavy (non-hydrogen) atoms. The van der Waals surface area contributed by atoms with Crippen molar-refractivity contribution >= 4 is 17.3 Å². The Morgan fingerprint density at radius 2 is 2.10 bits per heavy atom. The van der Waals surface area contributed by atoms with E-state index in [0.717, 1.165) is 12.8 Å². The third-order valence-corrected chi connectivity index (χ3v) is 2.92. The Morgan fingerprint density at radius 1 is 1.40 bits per heavy atom. The van der Waals surface area contributed by atoms with Crippen LogP contribution < -0.4 is 10.6 Å². The number of benzene rings is 1. The van der Waals surface area contributed by atoms with Gasteiger partial charge in [0.1, 0.15) is 5.56 Å². The number of nitrogens with zero attached hydrogens (tertiary/aromatic N) is 1. The van der Waals surface area contributed by atoms with Gasteiger partial charge in [-0.25, -0.2) is 0 Å². The van der Waals surface area contributed by atoms with Gasteiger partial charge in [0.05, 0.1) is 4.92 Å². The normalized spacial score (nSPS) is 11.8. The Balaban J connectivity index is 3.02. The number of nitrogens with one attached hydrogen (secondary N) is 2. The van der Waals surface area contributed by atoms with Gasteiger partial charge in [-0.3, -0.25) is 14.9 Å². The molecule has 0 fully saturated rings. The van der Waals surface area contributed by atoms with Crippen molar-refractivity contribution in [3.8, 4) is 0 Å². The predicted octanol–water partition coefficient (Wildman–Crippen LogP) is 2.95. The van der Waals surface area contributed by atoms with E-state index in [1.807, 2.05) is 20.8 Å². The summed E-state index contributed by atoms with van der Waals surface area (Å²) in [6.45, 7) is 6.52. The number of carbonyl (C=O) groups excluding carboxylic acids is 1. The largest absolute Gasteiger partial charge is 0.385 e. The Bertz CT molecular complexity index is 489. The molecule has 0 saturated carbocycles. The molecular formula is C14H21N3O3. The van der Waals surface area contributed by atoms with Crippen molar-refractivity contribution in [2.75, 3.05) is 11.9 Å². The molecule has 0 spiro atoms. The first-order chi connectivity index (χ1) is 9.49. The van der Waals surface area contributed by atoms with Crippen molar-refractivity contribution in [3.63, 3.8) is 0 Å². The van der Waals surface area contributed by atoms with Crippen molar-refractivity contribution in [3.05, 3.63) is 33.9 Å². The predicted molar refractivity (Wildman–Crippen MR) is 79.1 cm³/mol. The van der Waals surface area contributed by atoms with Crippen LogP contribution in [-0.2, 0) is 0 Å². The molecule has 0 aliphatic heterocycles. The van der Waals surface area contributed by atoms with Gasteiger partial charge in [0.2, 0.25) is 0 Å². The molecular weight excluding hydrogens is 258 g/mol. The molecule has 0 radical (unpaired) electrons. The number of hydrogen-bond acceptors (Lipinski definition) is 4. The third-order valence-electron chi connectivity index (χ3n) is 2.92. The average Bonchev–Trinajstić information content (AvgIpc) is 2.38. The van der Waals surface area contributed by atoms with E-state index in [-0.39, 0.29) is 17.3 Å². The van der Waals surface area contributed by atoms with Crippen LogP contribution in [-0.4, -0.2) is 23.4 Å². The van der Waals surface area contributed by atoms with Gasteiger partial charge in [0.25, 0.3) is 11.6 Å². The van der Waals surface area contributed by atoms with Crippen LogP contribution in [0, 0.1) is 10.1 Å². The lowest BCUT2D eigenvalue weighted by atomic mass is 10.1. The van der Waals surface area contributed by atoms with E-state index in [2.05, 4.69) is 10.6 Å². The smallest absolute Gasteiger partial charge is 0.282 e. The van der Waals surface area contributed by atoms with Gasteiger partial charge >= 0.3 is 0 Å². The summed E-state index contributed by atoms with van der Waals surface area (Å²) in [5.41, 5.74) is 0.621. The molecule has 110 valence electrons. The number of nitro benzene ring substituents is 1. The van der Waals surface area contributed by atoms with Gasteiger partial charge in [0.15, 0.2) is 0 Å². The first-order valence-electron chi connectivity index (χ1n) is 6.82. The lowest BCUT2D eigenvalue weighted by Crippen LogP contribution is -2.32. The fourth-order valence-electron chi connectivity index (χ4n) is 2.00. The molecule has 1 amide bonds. The molecule has 1 aromatic carbocycles. The highest BCUT2D eigenvalue weighted by Crippen LogP contribution is 2.23. The fraction of sp³-hybridized carbons (Fsp3) is 0.500. The first kappa shape index (κ1) is 15.9. The third kappa shape index (κ3) is 4.22. The van der Waals surface area contributed by atoms with E-state index in [0.29, 0.717) is 12.2 Å². The van der Waals surface area contributed by atoms with Gasteiger partial charge in [0, 0.05) is 24.3 Å². The molecule has 0 heterocycles. The summed E-state index contributed by atoms with van der Waals surface area (Å²) in [6.07, 6.45) is 1.79. The molecule has 1 unspecified atom stereocenters. The second-order valence-corrected chi connectivity index (χ2v) is 4.68. The van der Waals surface area contributed by atoms with Crippen LogP contribution in [0.15, 0.2) is 18.2 Å². The number of amides is 1. The maximum Gasteiger partial charge on any atom is 0.282 e. The number of anilines is 1. The highest BCUT2D eigenvalue weighted by Gasteiger charge is 2.21. The van der Waals surface area contributed by atoms with Crippen molar-refractivity contribution in [2.24, 2.45) is 0 Å². The summed E-state index contributed by atoms with van der Waals surface area (Å²) in [6, 6.07) is 4.48. The molecule has 0 aliphatic rings. The van der Waals surface area contributed by atoms with Crippen LogP contribution in [0.3, 0.4) is 0 Å². The van der Waals surface area contributed by atoms with Crippen LogP contribution >= 0.6 is 0 Å². The fourth-order valence-corrected chi connectivity index (χ4v) is 2.00. The monoisotopic (exact) mass is 279 g/mol. The number of rotatable bonds is 7. The quantitative estimate of drug-likeness (QED) is 0.593. The summed E-state index contributed by atoms with van der Waals surface area (Å²) in [5.74, 6) is -0.405. The molecule has 0 aliphatic carbocycles. The van der Waals surface area contributed by atoms with E-state index < -0.39 is 10.8 Å². The van der Waals surface area contributed by atoms with E-state index in [1.54, 1.807) is 6.07 Å².